The first kappa shape index (κ1) is 33.8. The van der Waals surface area contributed by atoms with Gasteiger partial charge in [-0.05, 0) is 75.1 Å². The van der Waals surface area contributed by atoms with Crippen LogP contribution in [0.15, 0.2) is 60.9 Å². The number of benzene rings is 2. The number of alkyl halides is 3. The average molecular weight is 652 g/mol. The highest BCUT2D eigenvalue weighted by atomic mass is 32.2. The molecule has 6 nitrogen and oxygen atoms in total. The third-order valence-corrected chi connectivity index (χ3v) is 9.33. The van der Waals surface area contributed by atoms with Crippen LogP contribution in [0.2, 0.25) is 0 Å². The Labute approximate surface area is 274 Å². The minimum atomic E-state index is -4.45. The molecule has 5 rings (SSSR count). The highest BCUT2D eigenvalue weighted by molar-refractivity contribution is 7.98. The van der Waals surface area contributed by atoms with Gasteiger partial charge in [0.1, 0.15) is 5.82 Å². The van der Waals surface area contributed by atoms with Gasteiger partial charge in [0.2, 0.25) is 5.95 Å². The van der Waals surface area contributed by atoms with Crippen molar-refractivity contribution < 1.29 is 17.9 Å². The van der Waals surface area contributed by atoms with E-state index in [1.54, 1.807) is 31.1 Å². The average Bonchev–Trinajstić information content (AvgIpc) is 3.56. The number of anilines is 2. The number of aryl methyl sites for hydroxylation is 1. The molecule has 2 heterocycles. The van der Waals surface area contributed by atoms with Crippen LogP contribution in [-0.4, -0.2) is 46.7 Å². The van der Waals surface area contributed by atoms with Gasteiger partial charge in [-0.2, -0.15) is 24.9 Å². The van der Waals surface area contributed by atoms with Gasteiger partial charge in [0.05, 0.1) is 42.7 Å². The predicted molar refractivity (Wildman–Crippen MR) is 183 cm³/mol. The SMILES string of the molecule is CCC(c1cc(C)cc(C(F)(F)F)c1)N(Cc1cc2ccccc2nc1N(CC)CC1CCCC1)c1ncc(OCCSC)cn1. The number of nitrogens with zero attached hydrogens (tertiary/aromatic N) is 5. The van der Waals surface area contributed by atoms with E-state index in [0.717, 1.165) is 41.1 Å². The number of fused-ring (bicyclic) bond motifs is 1. The van der Waals surface area contributed by atoms with E-state index < -0.39 is 17.8 Å². The van der Waals surface area contributed by atoms with E-state index in [-0.39, 0.29) is 0 Å². The number of halogens is 3. The Balaban J connectivity index is 1.60. The molecule has 2 aromatic heterocycles. The Hall–Kier alpha value is -3.53. The molecule has 1 aliphatic rings. The molecule has 4 aromatic rings. The van der Waals surface area contributed by atoms with Gasteiger partial charge in [-0.3, -0.25) is 0 Å². The largest absolute Gasteiger partial charge is 0.489 e. The molecule has 0 radical (unpaired) electrons. The molecule has 10 heteroatoms. The molecule has 0 spiro atoms. The summed E-state index contributed by atoms with van der Waals surface area (Å²) in [6.07, 6.45) is 6.38. The van der Waals surface area contributed by atoms with Crippen LogP contribution in [0.1, 0.15) is 74.2 Å². The molecule has 0 N–H and O–H groups in total. The normalized spacial score (nSPS) is 14.5. The molecule has 246 valence electrons. The third kappa shape index (κ3) is 8.24. The van der Waals surface area contributed by atoms with Crippen molar-refractivity contribution in [2.45, 2.75) is 71.6 Å². The molecule has 1 atom stereocenters. The third-order valence-electron chi connectivity index (χ3n) is 8.76. The smallest absolute Gasteiger partial charge is 0.416 e. The number of hydrogen-bond donors (Lipinski definition) is 0. The molecule has 1 unspecified atom stereocenters. The summed E-state index contributed by atoms with van der Waals surface area (Å²) in [7, 11) is 0. The topological polar surface area (TPSA) is 54.4 Å². The fourth-order valence-corrected chi connectivity index (χ4v) is 6.74. The fourth-order valence-electron chi connectivity index (χ4n) is 6.49. The summed E-state index contributed by atoms with van der Waals surface area (Å²) < 4.78 is 47.8. The number of rotatable bonds is 14. The number of aromatic nitrogens is 3. The first-order chi connectivity index (χ1) is 22.2. The highest BCUT2D eigenvalue weighted by Crippen LogP contribution is 2.37. The van der Waals surface area contributed by atoms with E-state index in [1.807, 2.05) is 42.3 Å². The lowest BCUT2D eigenvalue weighted by molar-refractivity contribution is -0.137. The number of thioether (sulfide) groups is 1. The standard InChI is InChI=1S/C36H44F3N5OS/c1-5-33(28-17-25(3)18-30(20-28)36(37,38)39)44(35-40-21-31(22-41-35)45-15-16-46-4)24-29-19-27-13-9-10-14-32(27)42-34(29)43(6-2)23-26-11-7-8-12-26/h9-10,13-14,17-22,26,33H,5-8,11-12,15-16,23-24H2,1-4H3. The van der Waals surface area contributed by atoms with Crippen molar-refractivity contribution in [3.8, 4) is 5.75 Å². The number of pyridine rings is 1. The Morgan fingerprint density at radius 3 is 2.43 bits per heavy atom. The Morgan fingerprint density at radius 1 is 1.02 bits per heavy atom. The summed E-state index contributed by atoms with van der Waals surface area (Å²) >= 11 is 1.69. The zero-order chi connectivity index (χ0) is 32.7. The highest BCUT2D eigenvalue weighted by Gasteiger charge is 2.33. The Morgan fingerprint density at radius 2 is 1.76 bits per heavy atom. The van der Waals surface area contributed by atoms with Crippen molar-refractivity contribution in [1.82, 2.24) is 15.0 Å². The molecule has 0 bridgehead atoms. The van der Waals surface area contributed by atoms with Crippen molar-refractivity contribution in [3.63, 3.8) is 0 Å². The summed E-state index contributed by atoms with van der Waals surface area (Å²) in [6.45, 7) is 8.50. The first-order valence-corrected chi connectivity index (χ1v) is 17.6. The van der Waals surface area contributed by atoms with Crippen LogP contribution < -0.4 is 14.5 Å². The van der Waals surface area contributed by atoms with Gasteiger partial charge >= 0.3 is 6.18 Å². The monoisotopic (exact) mass is 651 g/mol. The maximum Gasteiger partial charge on any atom is 0.416 e. The summed E-state index contributed by atoms with van der Waals surface area (Å²) in [5.41, 5.74) is 2.39. The summed E-state index contributed by atoms with van der Waals surface area (Å²) in [6, 6.07) is 14.1. The lowest BCUT2D eigenvalue weighted by atomic mass is 9.97. The van der Waals surface area contributed by atoms with Crippen molar-refractivity contribution in [2.24, 2.45) is 5.92 Å². The minimum absolute atomic E-state index is 0.370. The summed E-state index contributed by atoms with van der Waals surface area (Å²) in [5, 5.41) is 1.01. The van der Waals surface area contributed by atoms with E-state index in [4.69, 9.17) is 19.7 Å². The van der Waals surface area contributed by atoms with Crippen LogP contribution in [0.25, 0.3) is 10.9 Å². The van der Waals surface area contributed by atoms with Gasteiger partial charge in [-0.25, -0.2) is 15.0 Å². The van der Waals surface area contributed by atoms with Gasteiger partial charge in [-0.1, -0.05) is 49.6 Å². The van der Waals surface area contributed by atoms with Crippen molar-refractivity contribution in [1.29, 1.82) is 0 Å². The molecule has 0 amide bonds. The van der Waals surface area contributed by atoms with Crippen LogP contribution >= 0.6 is 11.8 Å². The lowest BCUT2D eigenvalue weighted by Gasteiger charge is -2.34. The minimum Gasteiger partial charge on any atom is -0.489 e. The quantitative estimate of drug-likeness (QED) is 0.126. The van der Waals surface area contributed by atoms with Gasteiger partial charge < -0.3 is 14.5 Å². The van der Waals surface area contributed by atoms with E-state index in [1.165, 1.54) is 37.8 Å². The number of ether oxygens (including phenoxy) is 1. The second kappa shape index (κ2) is 15.4. The molecular weight excluding hydrogens is 607 g/mol. The van der Waals surface area contributed by atoms with E-state index >= 15 is 0 Å². The van der Waals surface area contributed by atoms with Gasteiger partial charge in [0, 0.05) is 29.8 Å². The molecule has 0 saturated heterocycles. The molecule has 2 aromatic carbocycles. The van der Waals surface area contributed by atoms with Crippen LogP contribution in [0.3, 0.4) is 0 Å². The maximum atomic E-state index is 14.0. The summed E-state index contributed by atoms with van der Waals surface area (Å²) in [4.78, 5) is 19.0. The first-order valence-electron chi connectivity index (χ1n) is 16.2. The lowest BCUT2D eigenvalue weighted by Crippen LogP contribution is -2.33. The van der Waals surface area contributed by atoms with Gasteiger partial charge in [-0.15, -0.1) is 0 Å². The summed E-state index contributed by atoms with van der Waals surface area (Å²) in [5.74, 6) is 3.35. The number of para-hydroxylation sites is 1. The second-order valence-electron chi connectivity index (χ2n) is 12.1. The number of hydrogen-bond acceptors (Lipinski definition) is 7. The van der Waals surface area contributed by atoms with Crippen LogP contribution in [0, 0.1) is 12.8 Å². The van der Waals surface area contributed by atoms with E-state index in [2.05, 4.69) is 24.0 Å². The molecule has 1 aliphatic carbocycles. The van der Waals surface area contributed by atoms with E-state index in [9.17, 15) is 13.2 Å². The zero-order valence-electron chi connectivity index (χ0n) is 27.2. The predicted octanol–water partition coefficient (Wildman–Crippen LogP) is 9.27. The van der Waals surface area contributed by atoms with Crippen LogP contribution in [0.4, 0.5) is 24.9 Å². The van der Waals surface area contributed by atoms with Crippen LogP contribution in [0.5, 0.6) is 5.75 Å². The Kier molecular flexibility index (Phi) is 11.3. The fraction of sp³-hybridized carbons (Fsp3) is 0.472. The van der Waals surface area contributed by atoms with Crippen LogP contribution in [-0.2, 0) is 12.7 Å². The van der Waals surface area contributed by atoms with Crippen molar-refractivity contribution >= 4 is 34.4 Å². The molecular formula is C36H44F3N5OS. The second-order valence-corrected chi connectivity index (χ2v) is 13.1. The maximum absolute atomic E-state index is 14.0. The van der Waals surface area contributed by atoms with Gasteiger partial charge in [0.15, 0.2) is 5.75 Å². The van der Waals surface area contributed by atoms with E-state index in [0.29, 0.717) is 48.3 Å². The molecule has 1 fully saturated rings. The zero-order valence-corrected chi connectivity index (χ0v) is 28.0. The van der Waals surface area contributed by atoms with Gasteiger partial charge in [0.25, 0.3) is 0 Å². The van der Waals surface area contributed by atoms with Crippen molar-refractivity contribution in [3.05, 3.63) is 83.2 Å². The Bertz CT molecular complexity index is 1580. The molecule has 0 aliphatic heterocycles. The molecule has 46 heavy (non-hydrogen) atoms. The van der Waals surface area contributed by atoms with Crippen molar-refractivity contribution in [2.75, 3.05) is 41.5 Å². The molecule has 1 saturated carbocycles.